The number of likely N-dealkylation sites (tertiary alicyclic amines) is 1. The molecule has 0 unspecified atom stereocenters. The van der Waals surface area contributed by atoms with Crippen LogP contribution in [0.15, 0.2) is 0 Å². The second-order valence-corrected chi connectivity index (χ2v) is 3.59. The molecule has 0 atom stereocenters. The van der Waals surface area contributed by atoms with Gasteiger partial charge in [-0.2, -0.15) is 0 Å². The van der Waals surface area contributed by atoms with E-state index in [0.29, 0.717) is 17.7 Å². The van der Waals surface area contributed by atoms with Crippen LogP contribution in [0.1, 0.15) is 25.7 Å². The van der Waals surface area contributed by atoms with Crippen molar-refractivity contribution in [1.29, 1.82) is 0 Å². The maximum Gasteiger partial charge on any atom is 0.288 e. The normalized spacial score (nSPS) is 19.3. The van der Waals surface area contributed by atoms with Crippen LogP contribution in [0.3, 0.4) is 0 Å². The van der Waals surface area contributed by atoms with E-state index in [2.05, 4.69) is 0 Å². The predicted molar refractivity (Wildman–Crippen MR) is 47.2 cm³/mol. The average Bonchev–Trinajstić information content (AvgIpc) is 2.33. The highest BCUT2D eigenvalue weighted by atomic mass is 19.3. The highest BCUT2D eigenvalue weighted by molar-refractivity contribution is 5.96. The zero-order valence-corrected chi connectivity index (χ0v) is 8.21. The summed E-state index contributed by atoms with van der Waals surface area (Å²) in [5.74, 6) is -4.56. The highest BCUT2D eigenvalue weighted by Gasteiger charge is 2.36. The Labute approximate surface area is 85.9 Å². The molecule has 1 heterocycles. The summed E-state index contributed by atoms with van der Waals surface area (Å²) >= 11 is 0. The zero-order chi connectivity index (χ0) is 11.5. The summed E-state index contributed by atoms with van der Waals surface area (Å²) in [6.07, 6.45) is 1.33. The van der Waals surface area contributed by atoms with Crippen molar-refractivity contribution >= 4 is 11.8 Å². The van der Waals surface area contributed by atoms with Gasteiger partial charge in [0.25, 0.3) is 5.92 Å². The van der Waals surface area contributed by atoms with Gasteiger partial charge in [-0.05, 0) is 12.8 Å². The number of aliphatic hydroxyl groups excluding tert-OH is 1. The average molecular weight is 221 g/mol. The molecule has 1 aliphatic heterocycles. The van der Waals surface area contributed by atoms with Gasteiger partial charge < -0.3 is 5.11 Å². The molecule has 15 heavy (non-hydrogen) atoms. The second kappa shape index (κ2) is 4.65. The molecule has 1 saturated heterocycles. The predicted octanol–water partition coefficient (Wildman–Crippen LogP) is 0.543. The van der Waals surface area contributed by atoms with E-state index < -0.39 is 30.9 Å². The molecule has 1 N–H and O–H groups in total. The number of alkyl halides is 2. The lowest BCUT2D eigenvalue weighted by Crippen LogP contribution is -2.45. The van der Waals surface area contributed by atoms with Gasteiger partial charge in [0.05, 0.1) is 6.54 Å². The fraction of sp³-hybridized carbons (Fsp3) is 0.778. The minimum atomic E-state index is -3.41. The quantitative estimate of drug-likeness (QED) is 0.708. The molecule has 0 aromatic heterocycles. The summed E-state index contributed by atoms with van der Waals surface area (Å²) in [6, 6.07) is 0. The monoisotopic (exact) mass is 221 g/mol. The first kappa shape index (κ1) is 12.0. The fourth-order valence-electron chi connectivity index (χ4n) is 1.42. The number of carbonyl (C=O) groups is 2. The Morgan fingerprint density at radius 1 is 1.20 bits per heavy atom. The fourth-order valence-corrected chi connectivity index (χ4v) is 1.42. The standard InChI is InChI=1S/C9H13F2NO3/c10-9(11,6-13)5-12-7(14)3-1-2-4-8(12)15/h13H,1-6H2. The number of imide groups is 1. The van der Waals surface area contributed by atoms with Crippen molar-refractivity contribution in [2.75, 3.05) is 13.2 Å². The molecular formula is C9H13F2NO3. The van der Waals surface area contributed by atoms with Gasteiger partial charge in [0.15, 0.2) is 0 Å². The Morgan fingerprint density at radius 2 is 1.67 bits per heavy atom. The van der Waals surface area contributed by atoms with Gasteiger partial charge in [0, 0.05) is 12.8 Å². The van der Waals surface area contributed by atoms with Crippen LogP contribution in [-0.4, -0.2) is 40.9 Å². The number of rotatable bonds is 3. The Kier molecular flexibility index (Phi) is 3.73. The van der Waals surface area contributed by atoms with E-state index in [4.69, 9.17) is 5.11 Å². The summed E-state index contributed by atoms with van der Waals surface area (Å²) < 4.78 is 25.6. The number of aliphatic hydroxyl groups is 1. The molecule has 6 heteroatoms. The molecule has 0 saturated carbocycles. The Balaban J connectivity index is 2.71. The lowest BCUT2D eigenvalue weighted by atomic mass is 10.2. The van der Waals surface area contributed by atoms with Crippen molar-refractivity contribution in [2.45, 2.75) is 31.6 Å². The SMILES string of the molecule is O=C1CCCCC(=O)N1CC(F)(F)CO. The molecule has 0 aromatic rings. The molecule has 1 rings (SSSR count). The van der Waals surface area contributed by atoms with Crippen molar-refractivity contribution in [3.05, 3.63) is 0 Å². The number of carbonyl (C=O) groups excluding carboxylic acids is 2. The summed E-state index contributed by atoms with van der Waals surface area (Å²) in [5, 5.41) is 8.37. The first-order valence-electron chi connectivity index (χ1n) is 4.78. The van der Waals surface area contributed by atoms with Crippen LogP contribution in [0.4, 0.5) is 8.78 Å². The van der Waals surface area contributed by atoms with Crippen LogP contribution < -0.4 is 0 Å². The lowest BCUT2D eigenvalue weighted by molar-refractivity contribution is -0.152. The third-order valence-electron chi connectivity index (χ3n) is 2.25. The number of amides is 2. The van der Waals surface area contributed by atoms with Gasteiger partial charge in [-0.1, -0.05) is 0 Å². The second-order valence-electron chi connectivity index (χ2n) is 3.59. The molecule has 0 radical (unpaired) electrons. The van der Waals surface area contributed by atoms with E-state index in [0.717, 1.165) is 0 Å². The first-order chi connectivity index (χ1) is 6.96. The van der Waals surface area contributed by atoms with Crippen LogP contribution in [0.25, 0.3) is 0 Å². The van der Waals surface area contributed by atoms with E-state index >= 15 is 0 Å². The number of halogens is 2. The number of hydrogen-bond donors (Lipinski definition) is 1. The first-order valence-corrected chi connectivity index (χ1v) is 4.78. The summed E-state index contributed by atoms with van der Waals surface area (Å²) in [6.45, 7) is -2.37. The van der Waals surface area contributed by atoms with Crippen LogP contribution in [0, 0.1) is 0 Å². The summed E-state index contributed by atoms with van der Waals surface area (Å²) in [7, 11) is 0. The summed E-state index contributed by atoms with van der Waals surface area (Å²) in [5.41, 5.74) is 0. The van der Waals surface area contributed by atoms with Crippen molar-refractivity contribution in [1.82, 2.24) is 4.90 Å². The Hall–Kier alpha value is -1.04. The summed E-state index contributed by atoms with van der Waals surface area (Å²) in [4.78, 5) is 23.2. The van der Waals surface area contributed by atoms with E-state index in [1.54, 1.807) is 0 Å². The third-order valence-corrected chi connectivity index (χ3v) is 2.25. The van der Waals surface area contributed by atoms with Crippen LogP contribution in [0.2, 0.25) is 0 Å². The molecule has 0 spiro atoms. The van der Waals surface area contributed by atoms with Gasteiger partial charge in [-0.15, -0.1) is 0 Å². The molecule has 1 aliphatic rings. The van der Waals surface area contributed by atoms with Gasteiger partial charge in [-0.3, -0.25) is 14.5 Å². The van der Waals surface area contributed by atoms with Gasteiger partial charge in [0.1, 0.15) is 6.61 Å². The van der Waals surface area contributed by atoms with Crippen molar-refractivity contribution in [2.24, 2.45) is 0 Å². The van der Waals surface area contributed by atoms with E-state index in [9.17, 15) is 18.4 Å². The maximum atomic E-state index is 12.8. The van der Waals surface area contributed by atoms with Crippen LogP contribution in [0.5, 0.6) is 0 Å². The lowest BCUT2D eigenvalue weighted by Gasteiger charge is -2.23. The molecule has 0 aliphatic carbocycles. The van der Waals surface area contributed by atoms with Crippen molar-refractivity contribution in [3.63, 3.8) is 0 Å². The Bertz CT molecular complexity index is 250. The van der Waals surface area contributed by atoms with Crippen molar-refractivity contribution < 1.29 is 23.5 Å². The van der Waals surface area contributed by atoms with Crippen LogP contribution in [-0.2, 0) is 9.59 Å². The smallest absolute Gasteiger partial charge is 0.288 e. The van der Waals surface area contributed by atoms with Gasteiger partial charge >= 0.3 is 0 Å². The van der Waals surface area contributed by atoms with E-state index in [1.165, 1.54) is 0 Å². The minimum absolute atomic E-state index is 0.118. The number of hydrogen-bond acceptors (Lipinski definition) is 3. The van der Waals surface area contributed by atoms with E-state index in [1.807, 2.05) is 0 Å². The molecule has 2 amide bonds. The molecule has 0 aromatic carbocycles. The molecule has 4 nitrogen and oxygen atoms in total. The third kappa shape index (κ3) is 3.23. The topological polar surface area (TPSA) is 57.6 Å². The Morgan fingerprint density at radius 3 is 2.07 bits per heavy atom. The molecular weight excluding hydrogens is 208 g/mol. The molecule has 0 bridgehead atoms. The molecule has 86 valence electrons. The maximum absolute atomic E-state index is 12.8. The van der Waals surface area contributed by atoms with E-state index in [-0.39, 0.29) is 12.8 Å². The van der Waals surface area contributed by atoms with Gasteiger partial charge in [-0.25, -0.2) is 8.78 Å². The van der Waals surface area contributed by atoms with Crippen LogP contribution >= 0.6 is 0 Å². The minimum Gasteiger partial charge on any atom is -0.390 e. The zero-order valence-electron chi connectivity index (χ0n) is 8.21. The van der Waals surface area contributed by atoms with Crippen molar-refractivity contribution in [3.8, 4) is 0 Å². The van der Waals surface area contributed by atoms with Gasteiger partial charge in [0.2, 0.25) is 11.8 Å². The highest BCUT2D eigenvalue weighted by Crippen LogP contribution is 2.19. The number of nitrogens with zero attached hydrogens (tertiary/aromatic N) is 1. The molecule has 1 fully saturated rings. The largest absolute Gasteiger partial charge is 0.390 e.